The van der Waals surface area contributed by atoms with Crippen molar-refractivity contribution in [1.29, 1.82) is 0 Å². The maximum absolute atomic E-state index is 13.0. The molecule has 1 N–H and O–H groups in total. The van der Waals surface area contributed by atoms with Gasteiger partial charge in [-0.25, -0.2) is 4.79 Å². The van der Waals surface area contributed by atoms with E-state index in [0.717, 1.165) is 19.3 Å². The largest absolute Gasteiger partial charge is 0.479 e. The fourth-order valence-corrected chi connectivity index (χ4v) is 4.33. The molecule has 1 saturated heterocycles. The first-order chi connectivity index (χ1) is 12.6. The van der Waals surface area contributed by atoms with Crippen molar-refractivity contribution in [1.82, 2.24) is 14.7 Å². The molecule has 0 bridgehead atoms. The standard InChI is InChI=1S/C20H23N3O3/c24-18(17-7-6-15-4-1-2-5-16(15)14-17)22-12-8-20(9-13-22,19(25)26)23-11-3-10-21-23/h1-5,10-11,17H,6-9,12-14H2,(H,25,26)/t17-/m0/s1. The number of fused-ring (bicyclic) bond motifs is 1. The maximum atomic E-state index is 13.0. The molecule has 0 radical (unpaired) electrons. The molecular formula is C20H23N3O3. The number of nitrogens with zero attached hydrogens (tertiary/aromatic N) is 3. The van der Waals surface area contributed by atoms with Gasteiger partial charge < -0.3 is 10.0 Å². The first kappa shape index (κ1) is 16.8. The van der Waals surface area contributed by atoms with E-state index in [1.165, 1.54) is 15.8 Å². The second-order valence-corrected chi connectivity index (χ2v) is 7.32. The molecule has 1 amide bonds. The van der Waals surface area contributed by atoms with Crippen LogP contribution < -0.4 is 0 Å². The molecule has 2 heterocycles. The number of amides is 1. The van der Waals surface area contributed by atoms with Crippen molar-refractivity contribution in [2.24, 2.45) is 5.92 Å². The lowest BCUT2D eigenvalue weighted by Gasteiger charge is -2.40. The first-order valence-corrected chi connectivity index (χ1v) is 9.19. The summed E-state index contributed by atoms with van der Waals surface area (Å²) in [6.45, 7) is 0.923. The molecule has 1 aromatic carbocycles. The summed E-state index contributed by atoms with van der Waals surface area (Å²) >= 11 is 0. The number of carboxylic acid groups (broad SMARTS) is 1. The molecule has 26 heavy (non-hydrogen) atoms. The monoisotopic (exact) mass is 353 g/mol. The molecule has 4 rings (SSSR count). The highest BCUT2D eigenvalue weighted by molar-refractivity contribution is 5.81. The van der Waals surface area contributed by atoms with E-state index in [4.69, 9.17) is 0 Å². The van der Waals surface area contributed by atoms with E-state index in [9.17, 15) is 14.7 Å². The topological polar surface area (TPSA) is 75.4 Å². The Balaban J connectivity index is 1.45. The Morgan fingerprint density at radius 1 is 1.12 bits per heavy atom. The minimum atomic E-state index is -1.04. The molecule has 2 aromatic rings. The number of aryl methyl sites for hydroxylation is 1. The van der Waals surface area contributed by atoms with Gasteiger partial charge in [0.25, 0.3) is 0 Å². The lowest BCUT2D eigenvalue weighted by molar-refractivity contribution is -0.154. The molecule has 2 aliphatic rings. The Morgan fingerprint density at radius 3 is 2.50 bits per heavy atom. The number of rotatable bonds is 3. The Hall–Kier alpha value is -2.63. The number of benzene rings is 1. The normalized spacial score (nSPS) is 21.8. The third kappa shape index (κ3) is 2.79. The van der Waals surface area contributed by atoms with Crippen LogP contribution in [0.1, 0.15) is 30.4 Å². The summed E-state index contributed by atoms with van der Waals surface area (Å²) in [5.74, 6) is -0.703. The van der Waals surface area contributed by atoms with Gasteiger partial charge >= 0.3 is 5.97 Å². The minimum absolute atomic E-state index is 0.00642. The van der Waals surface area contributed by atoms with Crippen molar-refractivity contribution in [3.63, 3.8) is 0 Å². The zero-order chi connectivity index (χ0) is 18.1. The van der Waals surface area contributed by atoms with Crippen LogP contribution in [0.25, 0.3) is 0 Å². The number of hydrogen-bond donors (Lipinski definition) is 1. The average molecular weight is 353 g/mol. The highest BCUT2D eigenvalue weighted by Crippen LogP contribution is 2.32. The van der Waals surface area contributed by atoms with Crippen molar-refractivity contribution >= 4 is 11.9 Å². The van der Waals surface area contributed by atoms with Crippen molar-refractivity contribution in [3.8, 4) is 0 Å². The number of carboxylic acids is 1. The van der Waals surface area contributed by atoms with Gasteiger partial charge in [0, 0.05) is 44.2 Å². The van der Waals surface area contributed by atoms with Gasteiger partial charge in [-0.2, -0.15) is 5.10 Å². The molecule has 1 aliphatic carbocycles. The number of carbonyl (C=O) groups excluding carboxylic acids is 1. The number of aliphatic carboxylic acids is 1. The summed E-state index contributed by atoms with van der Waals surface area (Å²) in [4.78, 5) is 26.8. The SMILES string of the molecule is O=C([C@H]1CCc2ccccc2C1)N1CCC(C(=O)O)(n2cccn2)CC1. The summed E-state index contributed by atoms with van der Waals surface area (Å²) in [7, 11) is 0. The summed E-state index contributed by atoms with van der Waals surface area (Å²) < 4.78 is 1.54. The van der Waals surface area contributed by atoms with Crippen LogP contribution in [0.3, 0.4) is 0 Å². The van der Waals surface area contributed by atoms with E-state index in [1.54, 1.807) is 18.5 Å². The van der Waals surface area contributed by atoms with E-state index in [0.29, 0.717) is 25.9 Å². The third-order valence-corrected chi connectivity index (χ3v) is 5.94. The fourth-order valence-electron chi connectivity index (χ4n) is 4.33. The van der Waals surface area contributed by atoms with Gasteiger partial charge in [-0.15, -0.1) is 0 Å². The van der Waals surface area contributed by atoms with E-state index in [2.05, 4.69) is 17.2 Å². The van der Waals surface area contributed by atoms with Crippen molar-refractivity contribution < 1.29 is 14.7 Å². The summed E-state index contributed by atoms with van der Waals surface area (Å²) in [6, 6.07) is 10.1. The summed E-state index contributed by atoms with van der Waals surface area (Å²) in [5, 5.41) is 13.9. The van der Waals surface area contributed by atoms with Crippen LogP contribution in [0.15, 0.2) is 42.7 Å². The molecule has 0 spiro atoms. The van der Waals surface area contributed by atoms with Crippen LogP contribution in [0.5, 0.6) is 0 Å². The van der Waals surface area contributed by atoms with Crippen molar-refractivity contribution in [2.45, 2.75) is 37.6 Å². The molecule has 1 fully saturated rings. The average Bonchev–Trinajstić information content (AvgIpc) is 3.22. The Morgan fingerprint density at radius 2 is 1.85 bits per heavy atom. The number of carbonyl (C=O) groups is 2. The predicted molar refractivity (Wildman–Crippen MR) is 95.6 cm³/mol. The van der Waals surface area contributed by atoms with Crippen molar-refractivity contribution in [2.75, 3.05) is 13.1 Å². The van der Waals surface area contributed by atoms with Gasteiger partial charge in [-0.05, 0) is 36.5 Å². The highest BCUT2D eigenvalue weighted by Gasteiger charge is 2.45. The lowest BCUT2D eigenvalue weighted by atomic mass is 9.82. The Labute approximate surface area is 152 Å². The lowest BCUT2D eigenvalue weighted by Crippen LogP contribution is -2.53. The molecule has 6 heteroatoms. The van der Waals surface area contributed by atoms with Gasteiger partial charge in [0.1, 0.15) is 0 Å². The fraction of sp³-hybridized carbons (Fsp3) is 0.450. The predicted octanol–water partition coefficient (Wildman–Crippen LogP) is 2.09. The van der Waals surface area contributed by atoms with E-state index in [1.807, 2.05) is 17.0 Å². The van der Waals surface area contributed by atoms with Gasteiger partial charge in [0.15, 0.2) is 5.54 Å². The molecule has 1 aromatic heterocycles. The van der Waals surface area contributed by atoms with Crippen LogP contribution in [0.2, 0.25) is 0 Å². The zero-order valence-electron chi connectivity index (χ0n) is 14.7. The Kier molecular flexibility index (Phi) is 4.26. The zero-order valence-corrected chi connectivity index (χ0v) is 14.7. The second kappa shape index (κ2) is 6.59. The molecule has 1 atom stereocenters. The van der Waals surface area contributed by atoms with Gasteiger partial charge in [0.2, 0.25) is 5.91 Å². The maximum Gasteiger partial charge on any atom is 0.331 e. The molecule has 0 saturated carbocycles. The molecular weight excluding hydrogens is 330 g/mol. The number of hydrogen-bond acceptors (Lipinski definition) is 3. The summed E-state index contributed by atoms with van der Waals surface area (Å²) in [5.41, 5.74) is 1.57. The summed E-state index contributed by atoms with van der Waals surface area (Å²) in [6.07, 6.45) is 6.67. The number of piperidine rings is 1. The van der Waals surface area contributed by atoms with E-state index >= 15 is 0 Å². The molecule has 1 aliphatic heterocycles. The number of aromatic nitrogens is 2. The second-order valence-electron chi connectivity index (χ2n) is 7.32. The van der Waals surface area contributed by atoms with Gasteiger partial charge in [0.05, 0.1) is 0 Å². The quantitative estimate of drug-likeness (QED) is 0.917. The smallest absolute Gasteiger partial charge is 0.331 e. The molecule has 136 valence electrons. The number of likely N-dealkylation sites (tertiary alicyclic amines) is 1. The van der Waals surface area contributed by atoms with Crippen molar-refractivity contribution in [3.05, 3.63) is 53.9 Å². The molecule has 0 unspecified atom stereocenters. The first-order valence-electron chi connectivity index (χ1n) is 9.19. The van der Waals surface area contributed by atoms with Crippen LogP contribution >= 0.6 is 0 Å². The van der Waals surface area contributed by atoms with Crippen LogP contribution in [-0.4, -0.2) is 44.8 Å². The van der Waals surface area contributed by atoms with Gasteiger partial charge in [-0.3, -0.25) is 9.48 Å². The Bertz CT molecular complexity index is 807. The van der Waals surface area contributed by atoms with E-state index in [-0.39, 0.29) is 11.8 Å². The molecule has 6 nitrogen and oxygen atoms in total. The van der Waals surface area contributed by atoms with Gasteiger partial charge in [-0.1, -0.05) is 24.3 Å². The minimum Gasteiger partial charge on any atom is -0.479 e. The highest BCUT2D eigenvalue weighted by atomic mass is 16.4. The van der Waals surface area contributed by atoms with Crippen LogP contribution in [0.4, 0.5) is 0 Å². The third-order valence-electron chi connectivity index (χ3n) is 5.94. The van der Waals surface area contributed by atoms with Crippen LogP contribution in [-0.2, 0) is 28.0 Å². The van der Waals surface area contributed by atoms with E-state index < -0.39 is 11.5 Å². The van der Waals surface area contributed by atoms with Crippen LogP contribution in [0, 0.1) is 5.92 Å².